The highest BCUT2D eigenvalue weighted by Gasteiger charge is 2.17. The summed E-state index contributed by atoms with van der Waals surface area (Å²) in [5, 5.41) is 6.76. The van der Waals surface area contributed by atoms with Crippen molar-refractivity contribution in [1.29, 1.82) is 0 Å². The number of nitrogens with one attached hydrogen (secondary N) is 1. The number of benzene rings is 2. The summed E-state index contributed by atoms with van der Waals surface area (Å²) >= 11 is 0. The molecule has 33 heavy (non-hydrogen) atoms. The monoisotopic (exact) mass is 446 g/mol. The lowest BCUT2D eigenvalue weighted by Crippen LogP contribution is -2.28. The Hall–Kier alpha value is -4.40. The predicted octanol–water partition coefficient (Wildman–Crippen LogP) is 3.53. The number of anilines is 1. The standard InChI is InChI=1S/C24H22N4O5/c1-15-7-4-5-8-17(15)22-26-23(33-27-22)18-9-6-12-28(24(18)30)14-21(29)25-19-11-10-16(31-2)13-20(19)32-3/h4-13H,14H2,1-3H3,(H,25,29). The molecule has 0 atom stereocenters. The molecule has 0 saturated carbocycles. The molecule has 0 spiro atoms. The highest BCUT2D eigenvalue weighted by molar-refractivity contribution is 5.92. The van der Waals surface area contributed by atoms with Crippen molar-refractivity contribution >= 4 is 11.6 Å². The smallest absolute Gasteiger partial charge is 0.263 e. The average Bonchev–Trinajstić information content (AvgIpc) is 3.30. The van der Waals surface area contributed by atoms with Crippen LogP contribution < -0.4 is 20.3 Å². The van der Waals surface area contributed by atoms with E-state index < -0.39 is 11.5 Å². The number of pyridine rings is 1. The van der Waals surface area contributed by atoms with Gasteiger partial charge in [-0.2, -0.15) is 4.98 Å². The zero-order valence-corrected chi connectivity index (χ0v) is 18.4. The lowest BCUT2D eigenvalue weighted by molar-refractivity contribution is -0.116. The number of carbonyl (C=O) groups excluding carboxylic acids is 1. The zero-order chi connectivity index (χ0) is 23.4. The molecule has 0 saturated heterocycles. The average molecular weight is 446 g/mol. The molecule has 2 aromatic carbocycles. The summed E-state index contributed by atoms with van der Waals surface area (Å²) in [6.07, 6.45) is 1.52. The normalized spacial score (nSPS) is 10.6. The fourth-order valence-corrected chi connectivity index (χ4v) is 3.34. The van der Waals surface area contributed by atoms with E-state index in [1.54, 1.807) is 37.4 Å². The topological polar surface area (TPSA) is 108 Å². The quantitative estimate of drug-likeness (QED) is 0.463. The molecule has 4 rings (SSSR count). The summed E-state index contributed by atoms with van der Waals surface area (Å²) in [5.41, 5.74) is 2.05. The van der Waals surface area contributed by atoms with Crippen molar-refractivity contribution in [2.45, 2.75) is 13.5 Å². The van der Waals surface area contributed by atoms with Crippen molar-refractivity contribution in [2.75, 3.05) is 19.5 Å². The second kappa shape index (κ2) is 9.39. The summed E-state index contributed by atoms with van der Waals surface area (Å²) < 4.78 is 17.1. The van der Waals surface area contributed by atoms with Gasteiger partial charge in [-0.05, 0) is 36.8 Å². The van der Waals surface area contributed by atoms with Crippen molar-refractivity contribution in [2.24, 2.45) is 0 Å². The van der Waals surface area contributed by atoms with Crippen LogP contribution in [0, 0.1) is 6.92 Å². The third-order valence-electron chi connectivity index (χ3n) is 5.06. The van der Waals surface area contributed by atoms with Gasteiger partial charge in [0.2, 0.25) is 11.7 Å². The Morgan fingerprint density at radius 1 is 1.06 bits per heavy atom. The van der Waals surface area contributed by atoms with Crippen LogP contribution in [0.1, 0.15) is 5.56 Å². The first-order valence-electron chi connectivity index (χ1n) is 10.1. The van der Waals surface area contributed by atoms with Crippen LogP contribution in [0.15, 0.2) is 70.1 Å². The van der Waals surface area contributed by atoms with Crippen LogP contribution in [0.25, 0.3) is 22.8 Å². The highest BCUT2D eigenvalue weighted by Crippen LogP contribution is 2.29. The second-order valence-electron chi connectivity index (χ2n) is 7.21. The summed E-state index contributed by atoms with van der Waals surface area (Å²) in [4.78, 5) is 30.0. The molecule has 0 aliphatic carbocycles. The van der Waals surface area contributed by atoms with Gasteiger partial charge in [0, 0.05) is 17.8 Å². The zero-order valence-electron chi connectivity index (χ0n) is 18.4. The molecule has 0 aliphatic heterocycles. The SMILES string of the molecule is COc1ccc(NC(=O)Cn2cccc(-c3nc(-c4ccccc4C)no3)c2=O)c(OC)c1. The van der Waals surface area contributed by atoms with E-state index in [0.717, 1.165) is 11.1 Å². The summed E-state index contributed by atoms with van der Waals surface area (Å²) in [5.74, 6) is 1.12. The van der Waals surface area contributed by atoms with E-state index in [-0.39, 0.29) is 18.0 Å². The van der Waals surface area contributed by atoms with Gasteiger partial charge in [-0.1, -0.05) is 29.4 Å². The van der Waals surface area contributed by atoms with Gasteiger partial charge >= 0.3 is 0 Å². The minimum atomic E-state index is -0.422. The Balaban J connectivity index is 1.55. The number of aryl methyl sites for hydroxylation is 1. The first kappa shape index (κ1) is 21.8. The molecule has 0 fully saturated rings. The molecule has 2 heterocycles. The molecule has 0 bridgehead atoms. The van der Waals surface area contributed by atoms with E-state index in [4.69, 9.17) is 14.0 Å². The van der Waals surface area contributed by atoms with Gasteiger partial charge < -0.3 is 23.9 Å². The number of ether oxygens (including phenoxy) is 2. The fourth-order valence-electron chi connectivity index (χ4n) is 3.34. The Morgan fingerprint density at radius 2 is 1.85 bits per heavy atom. The van der Waals surface area contributed by atoms with Crippen molar-refractivity contribution in [3.05, 3.63) is 76.7 Å². The number of nitrogens with zero attached hydrogens (tertiary/aromatic N) is 3. The second-order valence-corrected chi connectivity index (χ2v) is 7.21. The molecule has 0 radical (unpaired) electrons. The first-order chi connectivity index (χ1) is 16.0. The Labute approximate surface area is 189 Å². The number of amides is 1. The van der Waals surface area contributed by atoms with E-state index in [1.807, 2.05) is 31.2 Å². The van der Waals surface area contributed by atoms with Crippen LogP contribution in [0.3, 0.4) is 0 Å². The predicted molar refractivity (Wildman–Crippen MR) is 122 cm³/mol. The summed E-state index contributed by atoms with van der Waals surface area (Å²) in [6.45, 7) is 1.73. The third-order valence-corrected chi connectivity index (χ3v) is 5.06. The largest absolute Gasteiger partial charge is 0.497 e. The molecular weight excluding hydrogens is 424 g/mol. The van der Waals surface area contributed by atoms with E-state index >= 15 is 0 Å². The molecule has 1 amide bonds. The third kappa shape index (κ3) is 4.62. The highest BCUT2D eigenvalue weighted by atomic mass is 16.5. The molecule has 9 nitrogen and oxygen atoms in total. The van der Waals surface area contributed by atoms with Crippen LogP contribution in [0.4, 0.5) is 5.69 Å². The molecule has 0 aliphatic rings. The van der Waals surface area contributed by atoms with Gasteiger partial charge in [0.25, 0.3) is 11.4 Å². The molecular formula is C24H22N4O5. The Kier molecular flexibility index (Phi) is 6.21. The van der Waals surface area contributed by atoms with Crippen LogP contribution in [-0.4, -0.2) is 34.8 Å². The first-order valence-corrected chi connectivity index (χ1v) is 10.1. The number of aromatic nitrogens is 3. The molecule has 1 N–H and O–H groups in total. The molecule has 2 aromatic heterocycles. The minimum Gasteiger partial charge on any atom is -0.497 e. The maximum atomic E-state index is 13.0. The van der Waals surface area contributed by atoms with Gasteiger partial charge in [0.05, 0.1) is 19.9 Å². The summed E-state index contributed by atoms with van der Waals surface area (Å²) in [7, 11) is 3.04. The lowest BCUT2D eigenvalue weighted by atomic mass is 10.1. The van der Waals surface area contributed by atoms with Crippen molar-refractivity contribution in [3.63, 3.8) is 0 Å². The van der Waals surface area contributed by atoms with Gasteiger partial charge in [0.15, 0.2) is 0 Å². The van der Waals surface area contributed by atoms with Gasteiger partial charge in [-0.3, -0.25) is 9.59 Å². The van der Waals surface area contributed by atoms with E-state index in [1.165, 1.54) is 17.9 Å². The van der Waals surface area contributed by atoms with Gasteiger partial charge in [-0.25, -0.2) is 0 Å². The molecule has 0 unspecified atom stereocenters. The number of hydrogen-bond acceptors (Lipinski definition) is 7. The molecule has 4 aromatic rings. The van der Waals surface area contributed by atoms with Crippen LogP contribution >= 0.6 is 0 Å². The molecule has 168 valence electrons. The molecule has 9 heteroatoms. The number of methoxy groups -OCH3 is 2. The van der Waals surface area contributed by atoms with Crippen molar-refractivity contribution in [3.8, 4) is 34.3 Å². The maximum Gasteiger partial charge on any atom is 0.263 e. The van der Waals surface area contributed by atoms with Crippen molar-refractivity contribution < 1.29 is 18.8 Å². The lowest BCUT2D eigenvalue weighted by Gasteiger charge is -2.12. The van der Waals surface area contributed by atoms with Crippen LogP contribution in [-0.2, 0) is 11.3 Å². The summed E-state index contributed by atoms with van der Waals surface area (Å²) in [6, 6.07) is 15.9. The van der Waals surface area contributed by atoms with E-state index in [2.05, 4.69) is 15.5 Å². The Bertz CT molecular complexity index is 1360. The van der Waals surface area contributed by atoms with Crippen LogP contribution in [0.5, 0.6) is 11.5 Å². The van der Waals surface area contributed by atoms with E-state index in [9.17, 15) is 9.59 Å². The van der Waals surface area contributed by atoms with Gasteiger partial charge in [0.1, 0.15) is 23.6 Å². The van der Waals surface area contributed by atoms with Crippen molar-refractivity contribution in [1.82, 2.24) is 14.7 Å². The maximum absolute atomic E-state index is 13.0. The fraction of sp³-hybridized carbons (Fsp3) is 0.167. The minimum absolute atomic E-state index is 0.0878. The number of hydrogen-bond donors (Lipinski definition) is 1. The van der Waals surface area contributed by atoms with E-state index in [0.29, 0.717) is 23.0 Å². The van der Waals surface area contributed by atoms with Gasteiger partial charge in [-0.15, -0.1) is 0 Å². The Morgan fingerprint density at radius 3 is 2.61 bits per heavy atom. The van der Waals surface area contributed by atoms with Crippen LogP contribution in [0.2, 0.25) is 0 Å². The number of carbonyl (C=O) groups is 1. The number of rotatable bonds is 7.